The highest BCUT2D eigenvalue weighted by Crippen LogP contribution is 2.23. The number of nitrogens with one attached hydrogen (secondary N) is 2. The van der Waals surface area contributed by atoms with Gasteiger partial charge in [0.25, 0.3) is 11.8 Å². The van der Waals surface area contributed by atoms with E-state index in [2.05, 4.69) is 26.8 Å². The van der Waals surface area contributed by atoms with Gasteiger partial charge in [0.1, 0.15) is 11.5 Å². The third-order valence-electron chi connectivity index (χ3n) is 3.95. The van der Waals surface area contributed by atoms with Crippen molar-refractivity contribution in [2.75, 3.05) is 7.11 Å². The van der Waals surface area contributed by atoms with Crippen LogP contribution in [0.1, 0.15) is 28.4 Å². The molecular formula is C19H21BrN2O4. The summed E-state index contributed by atoms with van der Waals surface area (Å²) in [5.74, 6) is 0.243. The van der Waals surface area contributed by atoms with Gasteiger partial charge in [0, 0.05) is 4.47 Å². The zero-order chi connectivity index (χ0) is 19.3. The van der Waals surface area contributed by atoms with Crippen molar-refractivity contribution in [3.8, 4) is 11.5 Å². The lowest BCUT2D eigenvalue weighted by Crippen LogP contribution is -2.47. The number of amides is 2. The average molecular weight is 421 g/mol. The maximum atomic E-state index is 12.3. The molecule has 1 unspecified atom stereocenters. The van der Waals surface area contributed by atoms with E-state index in [-0.39, 0.29) is 0 Å². The molecule has 0 aliphatic heterocycles. The van der Waals surface area contributed by atoms with E-state index >= 15 is 0 Å². The fourth-order valence-corrected chi connectivity index (χ4v) is 2.62. The van der Waals surface area contributed by atoms with Crippen molar-refractivity contribution >= 4 is 27.7 Å². The van der Waals surface area contributed by atoms with Crippen LogP contribution in [0.15, 0.2) is 40.9 Å². The second kappa shape index (κ2) is 8.71. The van der Waals surface area contributed by atoms with Gasteiger partial charge in [-0.05, 0) is 72.1 Å². The molecular weight excluding hydrogens is 400 g/mol. The zero-order valence-electron chi connectivity index (χ0n) is 15.1. The minimum Gasteiger partial charge on any atom is -0.497 e. The maximum absolute atomic E-state index is 12.3. The molecule has 26 heavy (non-hydrogen) atoms. The third kappa shape index (κ3) is 4.76. The Morgan fingerprint density at radius 1 is 1.12 bits per heavy atom. The molecule has 0 spiro atoms. The first-order valence-corrected chi connectivity index (χ1v) is 8.79. The van der Waals surface area contributed by atoms with Crippen molar-refractivity contribution in [2.45, 2.75) is 26.9 Å². The number of carbonyl (C=O) groups excluding carboxylic acids is 2. The van der Waals surface area contributed by atoms with E-state index in [1.165, 1.54) is 7.11 Å². The number of rotatable bonds is 5. The summed E-state index contributed by atoms with van der Waals surface area (Å²) < 4.78 is 11.4. The largest absolute Gasteiger partial charge is 0.497 e. The Hall–Kier alpha value is -2.54. The van der Waals surface area contributed by atoms with Crippen LogP contribution in [0.3, 0.4) is 0 Å². The summed E-state index contributed by atoms with van der Waals surface area (Å²) in [7, 11) is 1.51. The third-order valence-corrected chi connectivity index (χ3v) is 4.64. The molecule has 0 fully saturated rings. The maximum Gasteiger partial charge on any atom is 0.279 e. The molecule has 0 saturated carbocycles. The molecule has 0 aliphatic carbocycles. The van der Waals surface area contributed by atoms with Crippen LogP contribution in [0, 0.1) is 13.8 Å². The molecule has 1 atom stereocenters. The Labute approximate surface area is 161 Å². The molecule has 7 heteroatoms. The Bertz CT molecular complexity index is 823. The summed E-state index contributed by atoms with van der Waals surface area (Å²) in [6.45, 7) is 5.52. The fourth-order valence-electron chi connectivity index (χ4n) is 2.19. The van der Waals surface area contributed by atoms with E-state index in [0.717, 1.165) is 11.1 Å². The summed E-state index contributed by atoms with van der Waals surface area (Å²) in [5.41, 5.74) is 7.14. The minimum absolute atomic E-state index is 0.341. The number of benzene rings is 2. The van der Waals surface area contributed by atoms with E-state index in [9.17, 15) is 9.59 Å². The number of hydrogen-bond donors (Lipinski definition) is 2. The monoisotopic (exact) mass is 420 g/mol. The summed E-state index contributed by atoms with van der Waals surface area (Å²) in [6.07, 6.45) is -0.774. The highest BCUT2D eigenvalue weighted by atomic mass is 79.9. The fraction of sp³-hybridized carbons (Fsp3) is 0.263. The van der Waals surface area contributed by atoms with Crippen LogP contribution in [0.4, 0.5) is 0 Å². The van der Waals surface area contributed by atoms with Gasteiger partial charge < -0.3 is 9.47 Å². The Balaban J connectivity index is 1.97. The van der Waals surface area contributed by atoms with Gasteiger partial charge in [-0.1, -0.05) is 12.1 Å². The quantitative estimate of drug-likeness (QED) is 0.727. The predicted molar refractivity (Wildman–Crippen MR) is 102 cm³/mol. The molecule has 2 rings (SSSR count). The predicted octanol–water partition coefficient (Wildman–Crippen LogP) is 3.30. The van der Waals surface area contributed by atoms with Crippen molar-refractivity contribution in [2.24, 2.45) is 0 Å². The zero-order valence-corrected chi connectivity index (χ0v) is 16.6. The van der Waals surface area contributed by atoms with Gasteiger partial charge in [-0.3, -0.25) is 20.4 Å². The summed E-state index contributed by atoms with van der Waals surface area (Å²) in [5, 5.41) is 0. The van der Waals surface area contributed by atoms with Gasteiger partial charge in [0.15, 0.2) is 6.10 Å². The number of ether oxygens (including phenoxy) is 2. The molecule has 138 valence electrons. The molecule has 2 aromatic rings. The Morgan fingerprint density at radius 3 is 2.54 bits per heavy atom. The molecule has 0 saturated heterocycles. The van der Waals surface area contributed by atoms with E-state index in [4.69, 9.17) is 9.47 Å². The molecule has 0 heterocycles. The Morgan fingerprint density at radius 2 is 1.85 bits per heavy atom. The summed E-state index contributed by atoms with van der Waals surface area (Å²) in [6, 6.07) is 10.6. The molecule has 6 nitrogen and oxygen atoms in total. The first-order valence-electron chi connectivity index (χ1n) is 8.00. The molecule has 0 radical (unpaired) electrons. The van der Waals surface area contributed by atoms with E-state index in [0.29, 0.717) is 21.5 Å². The Kier molecular flexibility index (Phi) is 6.63. The summed E-state index contributed by atoms with van der Waals surface area (Å²) in [4.78, 5) is 24.5. The summed E-state index contributed by atoms with van der Waals surface area (Å²) >= 11 is 3.30. The SMILES string of the molecule is COc1ccc(Br)c(C(=O)NNC(=O)C(C)Oc2cccc(C)c2C)c1. The lowest BCUT2D eigenvalue weighted by Gasteiger charge is -2.17. The molecule has 0 bridgehead atoms. The van der Waals surface area contributed by atoms with Crippen molar-refractivity contribution < 1.29 is 19.1 Å². The average Bonchev–Trinajstić information content (AvgIpc) is 2.63. The van der Waals surface area contributed by atoms with Crippen molar-refractivity contribution in [3.63, 3.8) is 0 Å². The lowest BCUT2D eigenvalue weighted by molar-refractivity contribution is -0.128. The molecule has 2 N–H and O–H groups in total. The normalized spacial score (nSPS) is 11.4. The lowest BCUT2D eigenvalue weighted by atomic mass is 10.1. The van der Waals surface area contributed by atoms with Gasteiger partial charge in [-0.25, -0.2) is 0 Å². The van der Waals surface area contributed by atoms with E-state index < -0.39 is 17.9 Å². The minimum atomic E-state index is -0.774. The van der Waals surface area contributed by atoms with Gasteiger partial charge in [0.2, 0.25) is 0 Å². The first kappa shape index (κ1) is 19.8. The van der Waals surface area contributed by atoms with Crippen LogP contribution in [0.5, 0.6) is 11.5 Å². The highest BCUT2D eigenvalue weighted by molar-refractivity contribution is 9.10. The number of hydrazine groups is 1. The van der Waals surface area contributed by atoms with Gasteiger partial charge in [-0.15, -0.1) is 0 Å². The topological polar surface area (TPSA) is 76.7 Å². The van der Waals surface area contributed by atoms with Crippen LogP contribution in [0.2, 0.25) is 0 Å². The molecule has 2 amide bonds. The van der Waals surface area contributed by atoms with Crippen LogP contribution in [-0.2, 0) is 4.79 Å². The molecule has 0 aliphatic rings. The molecule has 2 aromatic carbocycles. The number of carbonyl (C=O) groups is 2. The number of aryl methyl sites for hydroxylation is 1. The van der Waals surface area contributed by atoms with Gasteiger partial charge in [-0.2, -0.15) is 0 Å². The van der Waals surface area contributed by atoms with Crippen LogP contribution < -0.4 is 20.3 Å². The van der Waals surface area contributed by atoms with E-state index in [1.54, 1.807) is 31.2 Å². The standard InChI is InChI=1S/C19H21BrN2O4/c1-11-6-5-7-17(12(11)2)26-13(3)18(23)21-22-19(24)15-10-14(25-4)8-9-16(15)20/h5-10,13H,1-4H3,(H,21,23)(H,22,24). The number of hydrogen-bond acceptors (Lipinski definition) is 4. The van der Waals surface area contributed by atoms with Crippen molar-refractivity contribution in [1.29, 1.82) is 0 Å². The van der Waals surface area contributed by atoms with Crippen LogP contribution >= 0.6 is 15.9 Å². The molecule has 0 aromatic heterocycles. The second-order valence-corrected chi connectivity index (χ2v) is 6.60. The number of methoxy groups -OCH3 is 1. The number of halogens is 1. The van der Waals surface area contributed by atoms with Crippen molar-refractivity contribution in [1.82, 2.24) is 10.9 Å². The van der Waals surface area contributed by atoms with Gasteiger partial charge in [0.05, 0.1) is 12.7 Å². The van der Waals surface area contributed by atoms with E-state index in [1.807, 2.05) is 26.0 Å². The van der Waals surface area contributed by atoms with Crippen molar-refractivity contribution in [3.05, 3.63) is 57.6 Å². The van der Waals surface area contributed by atoms with Crippen LogP contribution in [0.25, 0.3) is 0 Å². The highest BCUT2D eigenvalue weighted by Gasteiger charge is 2.18. The smallest absolute Gasteiger partial charge is 0.279 e. The first-order chi connectivity index (χ1) is 12.3. The van der Waals surface area contributed by atoms with Gasteiger partial charge >= 0.3 is 0 Å². The van der Waals surface area contributed by atoms with Crippen LogP contribution in [-0.4, -0.2) is 25.0 Å². The second-order valence-electron chi connectivity index (χ2n) is 5.75.